The maximum atomic E-state index is 12.0. The Hall–Kier alpha value is -1.61. The van der Waals surface area contributed by atoms with E-state index in [-0.39, 0.29) is 12.0 Å². The molecule has 1 aliphatic rings. The molecule has 1 amide bonds. The molecular formula is C17H23NO2. The minimum atomic E-state index is 0.164. The fourth-order valence-corrected chi connectivity index (χ4v) is 2.48. The summed E-state index contributed by atoms with van der Waals surface area (Å²) in [7, 11) is 0. The molecule has 0 spiro atoms. The molecule has 0 N–H and O–H groups in total. The van der Waals surface area contributed by atoms with Gasteiger partial charge in [-0.15, -0.1) is 6.58 Å². The minimum absolute atomic E-state index is 0.164. The maximum absolute atomic E-state index is 12.0. The molecule has 1 atom stereocenters. The molecule has 1 heterocycles. The van der Waals surface area contributed by atoms with Crippen molar-refractivity contribution in [1.29, 1.82) is 0 Å². The number of carbonyl (C=O) groups excluding carboxylic acids is 1. The summed E-state index contributed by atoms with van der Waals surface area (Å²) in [5.41, 5.74) is 1.33. The first kappa shape index (κ1) is 14.8. The highest BCUT2D eigenvalue weighted by molar-refractivity contribution is 5.76. The number of hydrogen-bond donors (Lipinski definition) is 0. The lowest BCUT2D eigenvalue weighted by atomic mass is 10.1. The third-order valence-corrected chi connectivity index (χ3v) is 3.65. The standard InChI is InChI=1S/C17H23NO2/c1-2-3-9-17(19)18-12-13-20-16(14-18)11-10-15-7-5-4-6-8-15/h2,4-8,16H,1,3,9-14H2/t16-/m1/s1. The number of aryl methyl sites for hydroxylation is 1. The summed E-state index contributed by atoms with van der Waals surface area (Å²) in [6.45, 7) is 5.76. The van der Waals surface area contributed by atoms with Crippen LogP contribution in [0.5, 0.6) is 0 Å². The van der Waals surface area contributed by atoms with Crippen LogP contribution < -0.4 is 0 Å². The Morgan fingerprint density at radius 1 is 1.40 bits per heavy atom. The zero-order chi connectivity index (χ0) is 14.2. The molecule has 0 bridgehead atoms. The highest BCUT2D eigenvalue weighted by atomic mass is 16.5. The third kappa shape index (κ3) is 4.49. The van der Waals surface area contributed by atoms with E-state index in [0.717, 1.165) is 32.4 Å². The number of benzene rings is 1. The Labute approximate surface area is 121 Å². The molecule has 1 aromatic rings. The second-order valence-corrected chi connectivity index (χ2v) is 5.18. The number of rotatable bonds is 6. The molecule has 3 nitrogen and oxygen atoms in total. The number of amides is 1. The van der Waals surface area contributed by atoms with Gasteiger partial charge in [0.2, 0.25) is 5.91 Å². The second kappa shape index (κ2) is 7.85. The van der Waals surface area contributed by atoms with Gasteiger partial charge in [0.05, 0.1) is 12.7 Å². The Bertz CT molecular complexity index is 430. The molecule has 0 radical (unpaired) electrons. The predicted molar refractivity (Wildman–Crippen MR) is 80.5 cm³/mol. The van der Waals surface area contributed by atoms with Crippen LogP contribution in [-0.2, 0) is 16.0 Å². The molecule has 0 saturated carbocycles. The van der Waals surface area contributed by atoms with E-state index < -0.39 is 0 Å². The molecule has 1 fully saturated rings. The van der Waals surface area contributed by atoms with Crippen LogP contribution in [0.15, 0.2) is 43.0 Å². The van der Waals surface area contributed by atoms with Crippen molar-refractivity contribution in [3.63, 3.8) is 0 Å². The van der Waals surface area contributed by atoms with E-state index in [1.54, 1.807) is 6.08 Å². The fourth-order valence-electron chi connectivity index (χ4n) is 2.48. The van der Waals surface area contributed by atoms with E-state index >= 15 is 0 Å². The zero-order valence-corrected chi connectivity index (χ0v) is 12.0. The van der Waals surface area contributed by atoms with Crippen LogP contribution >= 0.6 is 0 Å². The van der Waals surface area contributed by atoms with E-state index in [9.17, 15) is 4.79 Å². The van der Waals surface area contributed by atoms with Gasteiger partial charge < -0.3 is 9.64 Å². The number of hydrogen-bond acceptors (Lipinski definition) is 2. The summed E-state index contributed by atoms with van der Waals surface area (Å²) < 4.78 is 5.77. The van der Waals surface area contributed by atoms with Gasteiger partial charge in [-0.05, 0) is 24.8 Å². The van der Waals surface area contributed by atoms with Crippen molar-refractivity contribution in [2.75, 3.05) is 19.7 Å². The molecule has 1 saturated heterocycles. The lowest BCUT2D eigenvalue weighted by Gasteiger charge is -2.33. The Balaban J connectivity index is 1.78. The van der Waals surface area contributed by atoms with Gasteiger partial charge in [-0.2, -0.15) is 0 Å². The average molecular weight is 273 g/mol. The summed E-state index contributed by atoms with van der Waals surface area (Å²) in [5, 5.41) is 0. The smallest absolute Gasteiger partial charge is 0.223 e. The number of nitrogens with zero attached hydrogens (tertiary/aromatic N) is 1. The second-order valence-electron chi connectivity index (χ2n) is 5.18. The minimum Gasteiger partial charge on any atom is -0.375 e. The molecule has 20 heavy (non-hydrogen) atoms. The lowest BCUT2D eigenvalue weighted by molar-refractivity contribution is -0.138. The van der Waals surface area contributed by atoms with Crippen molar-refractivity contribution in [2.24, 2.45) is 0 Å². The number of morpholine rings is 1. The predicted octanol–water partition coefficient (Wildman–Crippen LogP) is 2.81. The lowest BCUT2D eigenvalue weighted by Crippen LogP contribution is -2.45. The fraction of sp³-hybridized carbons (Fsp3) is 0.471. The zero-order valence-electron chi connectivity index (χ0n) is 12.0. The topological polar surface area (TPSA) is 29.5 Å². The Morgan fingerprint density at radius 2 is 2.20 bits per heavy atom. The summed E-state index contributed by atoms with van der Waals surface area (Å²) in [4.78, 5) is 13.9. The van der Waals surface area contributed by atoms with E-state index in [1.165, 1.54) is 5.56 Å². The van der Waals surface area contributed by atoms with Crippen LogP contribution in [0.4, 0.5) is 0 Å². The highest BCUT2D eigenvalue weighted by Gasteiger charge is 2.23. The molecule has 108 valence electrons. The van der Waals surface area contributed by atoms with Crippen molar-refractivity contribution in [3.8, 4) is 0 Å². The first-order chi connectivity index (χ1) is 9.79. The van der Waals surface area contributed by atoms with Gasteiger partial charge in [-0.3, -0.25) is 4.79 Å². The number of ether oxygens (including phenoxy) is 1. The molecule has 2 rings (SSSR count). The van der Waals surface area contributed by atoms with Gasteiger partial charge in [0.15, 0.2) is 0 Å². The van der Waals surface area contributed by atoms with Crippen LogP contribution in [-0.4, -0.2) is 36.6 Å². The Kier molecular flexibility index (Phi) is 5.81. The van der Waals surface area contributed by atoms with Gasteiger partial charge in [0.25, 0.3) is 0 Å². The van der Waals surface area contributed by atoms with E-state index in [2.05, 4.69) is 30.8 Å². The normalized spacial score (nSPS) is 18.8. The first-order valence-corrected chi connectivity index (χ1v) is 7.34. The van der Waals surface area contributed by atoms with Gasteiger partial charge in [-0.1, -0.05) is 36.4 Å². The van der Waals surface area contributed by atoms with Crippen molar-refractivity contribution in [2.45, 2.75) is 31.8 Å². The first-order valence-electron chi connectivity index (χ1n) is 7.34. The van der Waals surface area contributed by atoms with E-state index in [1.807, 2.05) is 11.0 Å². The molecule has 0 aliphatic carbocycles. The molecule has 1 aromatic carbocycles. The quantitative estimate of drug-likeness (QED) is 0.746. The monoisotopic (exact) mass is 273 g/mol. The Morgan fingerprint density at radius 3 is 2.95 bits per heavy atom. The maximum Gasteiger partial charge on any atom is 0.223 e. The summed E-state index contributed by atoms with van der Waals surface area (Å²) in [5.74, 6) is 0.220. The molecule has 0 aromatic heterocycles. The largest absolute Gasteiger partial charge is 0.375 e. The van der Waals surface area contributed by atoms with Crippen molar-refractivity contribution in [3.05, 3.63) is 48.6 Å². The average Bonchev–Trinajstić information content (AvgIpc) is 2.52. The summed E-state index contributed by atoms with van der Waals surface area (Å²) >= 11 is 0. The van der Waals surface area contributed by atoms with E-state index in [0.29, 0.717) is 13.0 Å². The number of carbonyl (C=O) groups is 1. The molecular weight excluding hydrogens is 250 g/mol. The van der Waals surface area contributed by atoms with E-state index in [4.69, 9.17) is 4.74 Å². The summed E-state index contributed by atoms with van der Waals surface area (Å²) in [6.07, 6.45) is 5.25. The van der Waals surface area contributed by atoms with Crippen LogP contribution in [0.1, 0.15) is 24.8 Å². The van der Waals surface area contributed by atoms with Crippen LogP contribution in [0.2, 0.25) is 0 Å². The van der Waals surface area contributed by atoms with Gasteiger partial charge in [0, 0.05) is 19.5 Å². The highest BCUT2D eigenvalue weighted by Crippen LogP contribution is 2.13. The van der Waals surface area contributed by atoms with Gasteiger partial charge in [0.1, 0.15) is 0 Å². The van der Waals surface area contributed by atoms with Crippen LogP contribution in [0, 0.1) is 0 Å². The van der Waals surface area contributed by atoms with Gasteiger partial charge >= 0.3 is 0 Å². The SMILES string of the molecule is C=CCCC(=O)N1CCO[C@H](CCc2ccccc2)C1. The van der Waals surface area contributed by atoms with Crippen LogP contribution in [0.3, 0.4) is 0 Å². The molecule has 3 heteroatoms. The van der Waals surface area contributed by atoms with Crippen LogP contribution in [0.25, 0.3) is 0 Å². The molecule has 0 unspecified atom stereocenters. The number of allylic oxidation sites excluding steroid dienone is 1. The van der Waals surface area contributed by atoms with Crippen molar-refractivity contribution >= 4 is 5.91 Å². The third-order valence-electron chi connectivity index (χ3n) is 3.65. The summed E-state index contributed by atoms with van der Waals surface area (Å²) in [6, 6.07) is 10.4. The van der Waals surface area contributed by atoms with Gasteiger partial charge in [-0.25, -0.2) is 0 Å². The molecule has 1 aliphatic heterocycles. The van der Waals surface area contributed by atoms with Crippen molar-refractivity contribution in [1.82, 2.24) is 4.90 Å². The van der Waals surface area contributed by atoms with Crippen molar-refractivity contribution < 1.29 is 9.53 Å².